The summed E-state index contributed by atoms with van der Waals surface area (Å²) in [5.74, 6) is 0.820. The Kier molecular flexibility index (Phi) is 4.11. The fourth-order valence-corrected chi connectivity index (χ4v) is 2.95. The molecule has 4 rings (SSSR count). The van der Waals surface area contributed by atoms with E-state index in [2.05, 4.69) is 31.1 Å². The van der Waals surface area contributed by atoms with Gasteiger partial charge >= 0.3 is 0 Å². The van der Waals surface area contributed by atoms with Crippen LogP contribution in [-0.4, -0.2) is 20.2 Å². The standard InChI is InChI=1S/C19H13BrN4O.H2/c1-12-17(19-24-23-18(25-19)13-7-3-2-4-8-13)22-16(11-21-12)14-9-5-6-10-15(14)20;/h2-11H,1H3;1H. The molecule has 0 aliphatic heterocycles. The van der Waals surface area contributed by atoms with Crippen molar-refractivity contribution in [2.24, 2.45) is 0 Å². The molecule has 0 spiro atoms. The normalized spacial score (nSPS) is 10.8. The predicted molar refractivity (Wildman–Crippen MR) is 101 cm³/mol. The maximum absolute atomic E-state index is 5.82. The van der Waals surface area contributed by atoms with Crippen molar-refractivity contribution in [2.45, 2.75) is 6.92 Å². The highest BCUT2D eigenvalue weighted by molar-refractivity contribution is 9.10. The number of rotatable bonds is 3. The van der Waals surface area contributed by atoms with Gasteiger partial charge in [0, 0.05) is 17.0 Å². The molecule has 124 valence electrons. The number of hydrogen-bond donors (Lipinski definition) is 0. The Hall–Kier alpha value is -2.86. The summed E-state index contributed by atoms with van der Waals surface area (Å²) in [5, 5.41) is 8.28. The van der Waals surface area contributed by atoms with E-state index < -0.39 is 0 Å². The molecule has 0 aliphatic rings. The molecule has 0 bridgehead atoms. The molecule has 2 heterocycles. The van der Waals surface area contributed by atoms with Crippen LogP contribution in [0.3, 0.4) is 0 Å². The molecular weight excluding hydrogens is 380 g/mol. The summed E-state index contributed by atoms with van der Waals surface area (Å²) >= 11 is 3.55. The molecule has 0 saturated heterocycles. The van der Waals surface area contributed by atoms with Gasteiger partial charge in [0.25, 0.3) is 5.89 Å². The molecule has 0 N–H and O–H groups in total. The van der Waals surface area contributed by atoms with Crippen molar-refractivity contribution >= 4 is 15.9 Å². The highest BCUT2D eigenvalue weighted by atomic mass is 79.9. The van der Waals surface area contributed by atoms with Crippen LogP contribution >= 0.6 is 15.9 Å². The van der Waals surface area contributed by atoms with E-state index in [4.69, 9.17) is 9.40 Å². The molecule has 0 amide bonds. The molecule has 6 heteroatoms. The SMILES string of the molecule is Cc1ncc(-c2ccccc2Br)nc1-c1nnc(-c2ccccc2)o1.[HH]. The summed E-state index contributed by atoms with van der Waals surface area (Å²) in [7, 11) is 0. The van der Waals surface area contributed by atoms with E-state index in [1.165, 1.54) is 0 Å². The van der Waals surface area contributed by atoms with Crippen molar-refractivity contribution in [3.05, 3.63) is 71.0 Å². The van der Waals surface area contributed by atoms with Crippen LogP contribution in [0.2, 0.25) is 0 Å². The van der Waals surface area contributed by atoms with E-state index in [-0.39, 0.29) is 1.43 Å². The van der Waals surface area contributed by atoms with Crippen LogP contribution < -0.4 is 0 Å². The fraction of sp³-hybridized carbons (Fsp3) is 0.0526. The largest absolute Gasteiger partial charge is 0.415 e. The summed E-state index contributed by atoms with van der Waals surface area (Å²) in [5.41, 5.74) is 3.89. The first-order chi connectivity index (χ1) is 12.2. The second-order valence-electron chi connectivity index (χ2n) is 5.45. The van der Waals surface area contributed by atoms with Gasteiger partial charge in [0.1, 0.15) is 5.69 Å². The highest BCUT2D eigenvalue weighted by Crippen LogP contribution is 2.29. The van der Waals surface area contributed by atoms with Crippen molar-refractivity contribution in [2.75, 3.05) is 0 Å². The first kappa shape index (κ1) is 15.7. The lowest BCUT2D eigenvalue weighted by Crippen LogP contribution is -1.95. The minimum Gasteiger partial charge on any atom is -0.415 e. The highest BCUT2D eigenvalue weighted by Gasteiger charge is 2.16. The van der Waals surface area contributed by atoms with Crippen molar-refractivity contribution in [1.29, 1.82) is 0 Å². The van der Waals surface area contributed by atoms with E-state index >= 15 is 0 Å². The van der Waals surface area contributed by atoms with Crippen molar-refractivity contribution < 1.29 is 5.84 Å². The number of hydrogen-bond acceptors (Lipinski definition) is 5. The molecular formula is C19H15BrN4O. The van der Waals surface area contributed by atoms with Gasteiger partial charge in [-0.1, -0.05) is 52.3 Å². The van der Waals surface area contributed by atoms with Crippen LogP contribution in [0, 0.1) is 6.92 Å². The van der Waals surface area contributed by atoms with E-state index in [9.17, 15) is 0 Å². The third-order valence-corrected chi connectivity index (χ3v) is 4.45. The maximum atomic E-state index is 5.82. The molecule has 4 aromatic rings. The number of halogens is 1. The molecule has 0 atom stereocenters. The molecule has 0 fully saturated rings. The summed E-state index contributed by atoms with van der Waals surface area (Å²) in [4.78, 5) is 9.14. The summed E-state index contributed by atoms with van der Waals surface area (Å²) < 4.78 is 6.77. The van der Waals surface area contributed by atoms with Crippen LogP contribution in [-0.2, 0) is 0 Å². The van der Waals surface area contributed by atoms with E-state index in [0.717, 1.165) is 27.0 Å². The van der Waals surface area contributed by atoms with E-state index in [1.54, 1.807) is 6.20 Å². The van der Waals surface area contributed by atoms with Gasteiger partial charge in [0.05, 0.1) is 17.6 Å². The Balaban J connectivity index is 0.00000196. The molecule has 0 aliphatic carbocycles. The van der Waals surface area contributed by atoms with Gasteiger partial charge in [-0.05, 0) is 25.1 Å². The number of aryl methyl sites for hydroxylation is 1. The van der Waals surface area contributed by atoms with Crippen LogP contribution in [0.1, 0.15) is 7.12 Å². The Labute approximate surface area is 154 Å². The zero-order chi connectivity index (χ0) is 17.2. The molecule has 0 radical (unpaired) electrons. The first-order valence-electron chi connectivity index (χ1n) is 7.70. The molecule has 25 heavy (non-hydrogen) atoms. The number of nitrogens with zero attached hydrogens (tertiary/aromatic N) is 4. The Bertz CT molecular complexity index is 1040. The average Bonchev–Trinajstić information content (AvgIpc) is 3.13. The molecule has 2 aromatic heterocycles. The third kappa shape index (κ3) is 3.08. The zero-order valence-corrected chi connectivity index (χ0v) is 14.9. The third-order valence-electron chi connectivity index (χ3n) is 3.75. The second kappa shape index (κ2) is 6.57. The van der Waals surface area contributed by atoms with Gasteiger partial charge < -0.3 is 4.42 Å². The second-order valence-corrected chi connectivity index (χ2v) is 6.30. The van der Waals surface area contributed by atoms with Gasteiger partial charge in [-0.2, -0.15) is 0 Å². The van der Waals surface area contributed by atoms with E-state index in [0.29, 0.717) is 17.5 Å². The minimum atomic E-state index is 0. The monoisotopic (exact) mass is 394 g/mol. The van der Waals surface area contributed by atoms with Crippen LogP contribution in [0.4, 0.5) is 0 Å². The Morgan fingerprint density at radius 2 is 1.64 bits per heavy atom. The van der Waals surface area contributed by atoms with Crippen LogP contribution in [0.5, 0.6) is 0 Å². The quantitative estimate of drug-likeness (QED) is 0.478. The fourth-order valence-electron chi connectivity index (χ4n) is 2.47. The lowest BCUT2D eigenvalue weighted by atomic mass is 10.1. The first-order valence-corrected chi connectivity index (χ1v) is 8.49. The van der Waals surface area contributed by atoms with Crippen molar-refractivity contribution in [3.63, 3.8) is 0 Å². The van der Waals surface area contributed by atoms with Gasteiger partial charge in [-0.15, -0.1) is 10.2 Å². The van der Waals surface area contributed by atoms with Crippen LogP contribution in [0.25, 0.3) is 34.3 Å². The summed E-state index contributed by atoms with van der Waals surface area (Å²) in [6.45, 7) is 1.87. The topological polar surface area (TPSA) is 64.7 Å². The van der Waals surface area contributed by atoms with Gasteiger partial charge in [-0.25, -0.2) is 4.98 Å². The molecule has 0 saturated carbocycles. The van der Waals surface area contributed by atoms with Crippen LogP contribution in [0.15, 0.2) is 69.7 Å². The Morgan fingerprint density at radius 3 is 2.44 bits per heavy atom. The van der Waals surface area contributed by atoms with Gasteiger partial charge in [-0.3, -0.25) is 4.98 Å². The summed E-state index contributed by atoms with van der Waals surface area (Å²) in [6.07, 6.45) is 1.74. The number of aromatic nitrogens is 4. The lowest BCUT2D eigenvalue weighted by Gasteiger charge is -2.06. The number of benzene rings is 2. The van der Waals surface area contributed by atoms with Crippen molar-refractivity contribution in [3.8, 4) is 34.3 Å². The smallest absolute Gasteiger partial charge is 0.268 e. The van der Waals surface area contributed by atoms with Gasteiger partial charge in [0.15, 0.2) is 0 Å². The lowest BCUT2D eigenvalue weighted by molar-refractivity contribution is 0.581. The van der Waals surface area contributed by atoms with E-state index in [1.807, 2.05) is 61.5 Å². The van der Waals surface area contributed by atoms with Gasteiger partial charge in [0.2, 0.25) is 5.89 Å². The Morgan fingerprint density at radius 1 is 0.920 bits per heavy atom. The summed E-state index contributed by atoms with van der Waals surface area (Å²) in [6, 6.07) is 17.5. The zero-order valence-electron chi connectivity index (χ0n) is 13.3. The molecule has 2 aromatic carbocycles. The molecule has 0 unspecified atom stereocenters. The minimum absolute atomic E-state index is 0. The predicted octanol–water partition coefficient (Wildman–Crippen LogP) is 5.18. The maximum Gasteiger partial charge on any atom is 0.268 e. The average molecular weight is 395 g/mol. The molecule has 5 nitrogen and oxygen atoms in total. The van der Waals surface area contributed by atoms with Crippen molar-refractivity contribution in [1.82, 2.24) is 20.2 Å².